The van der Waals surface area contributed by atoms with Crippen LogP contribution >= 0.6 is 15.9 Å². The summed E-state index contributed by atoms with van der Waals surface area (Å²) in [6.45, 7) is 9.59. The number of amides is 1. The number of halogens is 1. The summed E-state index contributed by atoms with van der Waals surface area (Å²) in [5.41, 5.74) is 5.93. The number of aliphatic imine (C=N–C) groups is 1. The molecule has 0 aliphatic carbocycles. The molecule has 1 aromatic heterocycles. The number of aryl methyl sites for hydroxylation is 3. The van der Waals surface area contributed by atoms with Gasteiger partial charge in [0.2, 0.25) is 5.96 Å². The maximum atomic E-state index is 12.9. The molecule has 31 heavy (non-hydrogen) atoms. The van der Waals surface area contributed by atoms with Gasteiger partial charge in [0.1, 0.15) is 0 Å². The van der Waals surface area contributed by atoms with Crippen LogP contribution in [0.4, 0.5) is 5.69 Å². The average Bonchev–Trinajstić information content (AvgIpc) is 3.03. The molecule has 1 amide bonds. The van der Waals surface area contributed by atoms with Crippen molar-refractivity contribution in [3.05, 3.63) is 81.1 Å². The zero-order valence-corrected chi connectivity index (χ0v) is 20.0. The molecule has 162 valence electrons. The third-order valence-electron chi connectivity index (χ3n) is 5.21. The van der Waals surface area contributed by atoms with Crippen molar-refractivity contribution >= 4 is 33.5 Å². The number of nitrogens with one attached hydrogen (secondary N) is 2. The van der Waals surface area contributed by atoms with Crippen LogP contribution in [-0.2, 0) is 13.0 Å². The first-order valence-electron chi connectivity index (χ1n) is 10.4. The third kappa shape index (κ3) is 5.61. The van der Waals surface area contributed by atoms with E-state index in [1.165, 1.54) is 11.3 Å². The van der Waals surface area contributed by atoms with Crippen molar-refractivity contribution in [1.82, 2.24) is 15.1 Å². The van der Waals surface area contributed by atoms with Crippen molar-refractivity contribution in [1.29, 1.82) is 0 Å². The lowest BCUT2D eigenvalue weighted by Gasteiger charge is -2.14. The lowest BCUT2D eigenvalue weighted by atomic mass is 10.1. The molecule has 0 spiro atoms. The Morgan fingerprint density at radius 1 is 1.10 bits per heavy atom. The van der Waals surface area contributed by atoms with Crippen LogP contribution in [0.5, 0.6) is 0 Å². The first-order valence-corrected chi connectivity index (χ1v) is 11.2. The van der Waals surface area contributed by atoms with Crippen molar-refractivity contribution in [2.45, 2.75) is 40.7 Å². The maximum absolute atomic E-state index is 12.9. The second kappa shape index (κ2) is 10.4. The van der Waals surface area contributed by atoms with Crippen molar-refractivity contribution < 1.29 is 4.79 Å². The highest BCUT2D eigenvalue weighted by atomic mass is 79.9. The Morgan fingerprint density at radius 3 is 2.48 bits per heavy atom. The van der Waals surface area contributed by atoms with Crippen molar-refractivity contribution in [3.8, 4) is 0 Å². The molecule has 0 saturated heterocycles. The summed E-state index contributed by atoms with van der Waals surface area (Å²) in [5, 5.41) is 10.8. The molecule has 3 rings (SSSR count). The molecule has 1 heterocycles. The van der Waals surface area contributed by atoms with E-state index in [0.29, 0.717) is 18.1 Å². The van der Waals surface area contributed by atoms with Crippen LogP contribution in [0.1, 0.15) is 39.8 Å². The van der Waals surface area contributed by atoms with Crippen LogP contribution in [0.2, 0.25) is 0 Å². The predicted molar refractivity (Wildman–Crippen MR) is 130 cm³/mol. The largest absolute Gasteiger partial charge is 0.326 e. The fourth-order valence-electron chi connectivity index (χ4n) is 3.45. The number of hydrogen-bond acceptors (Lipinski definition) is 3. The summed E-state index contributed by atoms with van der Waals surface area (Å²) in [5.74, 6) is 0.201. The minimum atomic E-state index is -0.224. The summed E-state index contributed by atoms with van der Waals surface area (Å²) < 4.78 is 2.75. The number of hydrogen-bond donors (Lipinski definition) is 2. The zero-order chi connectivity index (χ0) is 22.4. The van der Waals surface area contributed by atoms with Gasteiger partial charge >= 0.3 is 0 Å². The zero-order valence-electron chi connectivity index (χ0n) is 18.4. The number of carbonyl (C=O) groups is 1. The van der Waals surface area contributed by atoms with E-state index in [1.807, 2.05) is 61.0 Å². The van der Waals surface area contributed by atoms with E-state index >= 15 is 0 Å². The molecule has 0 unspecified atom stereocenters. The number of aromatic nitrogens is 2. The molecular formula is C24H28BrN5O. The van der Waals surface area contributed by atoms with Gasteiger partial charge in [-0.3, -0.25) is 19.8 Å². The Kier molecular flexibility index (Phi) is 7.63. The smallest absolute Gasteiger partial charge is 0.259 e. The van der Waals surface area contributed by atoms with Gasteiger partial charge in [-0.15, -0.1) is 0 Å². The molecular weight excluding hydrogens is 454 g/mol. The highest BCUT2D eigenvalue weighted by Gasteiger charge is 2.14. The topological polar surface area (TPSA) is 71.3 Å². The summed E-state index contributed by atoms with van der Waals surface area (Å²) in [7, 11) is 0. The SMILES string of the molecule is CCn1nc(C)c(CCN=C(NC(=O)c2ccccc2Br)Nc2ccccc2C)c1C. The fourth-order valence-corrected chi connectivity index (χ4v) is 3.92. The minimum absolute atomic E-state index is 0.224. The number of benzene rings is 2. The fraction of sp³-hybridized carbons (Fsp3) is 0.292. The predicted octanol–water partition coefficient (Wildman–Crippen LogP) is 5.03. The van der Waals surface area contributed by atoms with Gasteiger partial charge in [0.05, 0.1) is 11.3 Å². The Labute approximate surface area is 191 Å². The van der Waals surface area contributed by atoms with Crippen LogP contribution in [0.3, 0.4) is 0 Å². The van der Waals surface area contributed by atoms with Gasteiger partial charge in [0.25, 0.3) is 5.91 Å². The number of anilines is 1. The molecule has 0 bridgehead atoms. The van der Waals surface area contributed by atoms with Gasteiger partial charge in [0.15, 0.2) is 0 Å². The van der Waals surface area contributed by atoms with Gasteiger partial charge in [-0.2, -0.15) is 5.10 Å². The van der Waals surface area contributed by atoms with E-state index < -0.39 is 0 Å². The summed E-state index contributed by atoms with van der Waals surface area (Å²) in [6.07, 6.45) is 0.752. The molecule has 6 nitrogen and oxygen atoms in total. The summed E-state index contributed by atoms with van der Waals surface area (Å²) >= 11 is 3.44. The highest BCUT2D eigenvalue weighted by molar-refractivity contribution is 9.10. The Morgan fingerprint density at radius 2 is 1.81 bits per heavy atom. The Balaban J connectivity index is 1.81. The van der Waals surface area contributed by atoms with E-state index in [-0.39, 0.29) is 5.91 Å². The van der Waals surface area contributed by atoms with Gasteiger partial charge < -0.3 is 5.32 Å². The van der Waals surface area contributed by atoms with Crippen LogP contribution in [0, 0.1) is 20.8 Å². The second-order valence-corrected chi connectivity index (χ2v) is 8.17. The van der Waals surface area contributed by atoms with E-state index in [0.717, 1.165) is 34.4 Å². The minimum Gasteiger partial charge on any atom is -0.326 e. The molecule has 0 aliphatic heterocycles. The van der Waals surface area contributed by atoms with Gasteiger partial charge in [-0.25, -0.2) is 0 Å². The van der Waals surface area contributed by atoms with E-state index in [1.54, 1.807) is 6.07 Å². The van der Waals surface area contributed by atoms with Crippen molar-refractivity contribution in [3.63, 3.8) is 0 Å². The Hall–Kier alpha value is -2.93. The number of carbonyl (C=O) groups excluding carboxylic acids is 1. The Bertz CT molecular complexity index is 1100. The molecule has 0 saturated carbocycles. The normalized spacial score (nSPS) is 11.5. The highest BCUT2D eigenvalue weighted by Crippen LogP contribution is 2.17. The van der Waals surface area contributed by atoms with E-state index in [4.69, 9.17) is 0 Å². The molecule has 2 aromatic carbocycles. The number of para-hydroxylation sites is 1. The van der Waals surface area contributed by atoms with Gasteiger partial charge in [0, 0.05) is 28.9 Å². The average molecular weight is 482 g/mol. The standard InChI is InChI=1S/C24H28BrN5O/c1-5-30-18(4)19(17(3)29-30)14-15-26-24(27-22-13-9-6-10-16(22)2)28-23(31)20-11-7-8-12-21(20)25/h6-13H,5,14-15H2,1-4H3,(H2,26,27,28,31). The maximum Gasteiger partial charge on any atom is 0.259 e. The number of guanidine groups is 1. The number of nitrogens with zero attached hydrogens (tertiary/aromatic N) is 3. The van der Waals surface area contributed by atoms with E-state index in [9.17, 15) is 4.79 Å². The van der Waals surface area contributed by atoms with Gasteiger partial charge in [-0.1, -0.05) is 30.3 Å². The summed E-state index contributed by atoms with van der Waals surface area (Å²) in [6, 6.07) is 15.2. The third-order valence-corrected chi connectivity index (χ3v) is 5.90. The first-order chi connectivity index (χ1) is 14.9. The lowest BCUT2D eigenvalue weighted by Crippen LogP contribution is -2.36. The van der Waals surface area contributed by atoms with Crippen LogP contribution < -0.4 is 10.6 Å². The van der Waals surface area contributed by atoms with Gasteiger partial charge in [-0.05, 0) is 79.4 Å². The number of rotatable bonds is 6. The van der Waals surface area contributed by atoms with Crippen molar-refractivity contribution in [2.24, 2.45) is 4.99 Å². The van der Waals surface area contributed by atoms with Crippen LogP contribution in [0.25, 0.3) is 0 Å². The monoisotopic (exact) mass is 481 g/mol. The first kappa shape index (κ1) is 22.7. The molecule has 3 aromatic rings. The van der Waals surface area contributed by atoms with Crippen molar-refractivity contribution in [2.75, 3.05) is 11.9 Å². The molecule has 0 fully saturated rings. The molecule has 0 radical (unpaired) electrons. The summed E-state index contributed by atoms with van der Waals surface area (Å²) in [4.78, 5) is 17.5. The van der Waals surface area contributed by atoms with E-state index in [2.05, 4.69) is 50.5 Å². The quantitative estimate of drug-likeness (QED) is 0.383. The second-order valence-electron chi connectivity index (χ2n) is 7.32. The molecule has 0 atom stereocenters. The van der Waals surface area contributed by atoms with Crippen LogP contribution in [-0.4, -0.2) is 28.2 Å². The molecule has 0 aliphatic rings. The lowest BCUT2D eigenvalue weighted by molar-refractivity contribution is 0.0976. The molecule has 2 N–H and O–H groups in total. The van der Waals surface area contributed by atoms with Crippen LogP contribution in [0.15, 0.2) is 58.0 Å². The molecule has 7 heteroatoms.